The molecular weight excluding hydrogens is 276 g/mol. The number of nitrogens with two attached hydrogens (primary N) is 1. The Morgan fingerprint density at radius 3 is 2.73 bits per heavy atom. The molecule has 3 aromatic rings. The molecular formula is C17H18N4O. The lowest BCUT2D eigenvalue weighted by molar-refractivity contribution is 0.291. The lowest BCUT2D eigenvalue weighted by Gasteiger charge is -2.09. The van der Waals surface area contributed by atoms with Gasteiger partial charge in [0.1, 0.15) is 12.4 Å². The van der Waals surface area contributed by atoms with E-state index in [9.17, 15) is 0 Å². The van der Waals surface area contributed by atoms with Gasteiger partial charge in [0.2, 0.25) is 0 Å². The van der Waals surface area contributed by atoms with Gasteiger partial charge in [0.25, 0.3) is 0 Å². The zero-order valence-electron chi connectivity index (χ0n) is 12.4. The first-order valence-electron chi connectivity index (χ1n) is 7.16. The predicted molar refractivity (Wildman–Crippen MR) is 86.5 cm³/mol. The molecule has 0 fully saturated rings. The van der Waals surface area contributed by atoms with E-state index in [0.717, 1.165) is 17.0 Å². The van der Waals surface area contributed by atoms with Crippen LogP contribution in [-0.4, -0.2) is 21.6 Å². The summed E-state index contributed by atoms with van der Waals surface area (Å²) in [6.07, 6.45) is 1.77. The molecule has 0 radical (unpaired) electrons. The second kappa shape index (κ2) is 6.30. The summed E-state index contributed by atoms with van der Waals surface area (Å²) in [7, 11) is 0. The molecule has 1 heterocycles. The summed E-state index contributed by atoms with van der Waals surface area (Å²) >= 11 is 0. The molecule has 0 bridgehead atoms. The van der Waals surface area contributed by atoms with Gasteiger partial charge in [-0.1, -0.05) is 41.1 Å². The van der Waals surface area contributed by atoms with Gasteiger partial charge in [-0.3, -0.25) is 0 Å². The summed E-state index contributed by atoms with van der Waals surface area (Å²) in [5.41, 5.74) is 9.73. The van der Waals surface area contributed by atoms with Gasteiger partial charge in [-0.25, -0.2) is 4.68 Å². The summed E-state index contributed by atoms with van der Waals surface area (Å²) in [5.74, 6) is 0.761. The number of hydrogen-bond acceptors (Lipinski definition) is 4. The third-order valence-electron chi connectivity index (χ3n) is 3.39. The van der Waals surface area contributed by atoms with Crippen molar-refractivity contribution in [3.8, 4) is 17.0 Å². The minimum absolute atomic E-state index is 0.506. The van der Waals surface area contributed by atoms with E-state index in [1.165, 1.54) is 5.56 Å². The molecule has 0 saturated heterocycles. The molecule has 5 heteroatoms. The molecule has 1 aromatic heterocycles. The van der Waals surface area contributed by atoms with E-state index in [-0.39, 0.29) is 0 Å². The number of hydrogen-bond donors (Lipinski definition) is 1. The summed E-state index contributed by atoms with van der Waals surface area (Å²) < 4.78 is 7.55. The summed E-state index contributed by atoms with van der Waals surface area (Å²) in [6.45, 7) is 3.20. The van der Waals surface area contributed by atoms with Crippen molar-refractivity contribution < 1.29 is 4.74 Å². The number of aromatic nitrogens is 3. The maximum Gasteiger partial charge on any atom is 0.121 e. The molecule has 0 amide bonds. The molecule has 112 valence electrons. The Labute approximate surface area is 129 Å². The Morgan fingerprint density at radius 1 is 1.14 bits per heavy atom. The number of ether oxygens (including phenoxy) is 1. The minimum atomic E-state index is 0.506. The fraction of sp³-hybridized carbons (Fsp3) is 0.176. The van der Waals surface area contributed by atoms with Crippen molar-refractivity contribution in [2.45, 2.75) is 13.5 Å². The number of nitrogen functional groups attached to an aromatic ring is 1. The van der Waals surface area contributed by atoms with Gasteiger partial charge < -0.3 is 10.5 Å². The van der Waals surface area contributed by atoms with E-state index in [0.29, 0.717) is 18.8 Å². The molecule has 22 heavy (non-hydrogen) atoms. The van der Waals surface area contributed by atoms with Crippen molar-refractivity contribution in [3.05, 3.63) is 60.3 Å². The first-order chi connectivity index (χ1) is 10.7. The molecule has 0 unspecified atom stereocenters. The van der Waals surface area contributed by atoms with E-state index in [2.05, 4.69) is 41.5 Å². The van der Waals surface area contributed by atoms with E-state index in [1.807, 2.05) is 28.9 Å². The highest BCUT2D eigenvalue weighted by Gasteiger charge is 2.06. The van der Waals surface area contributed by atoms with E-state index in [1.54, 1.807) is 6.20 Å². The third kappa shape index (κ3) is 3.25. The smallest absolute Gasteiger partial charge is 0.121 e. The van der Waals surface area contributed by atoms with Crippen molar-refractivity contribution in [2.24, 2.45) is 0 Å². The normalized spacial score (nSPS) is 10.6. The van der Waals surface area contributed by atoms with Crippen molar-refractivity contribution >= 4 is 5.69 Å². The largest absolute Gasteiger partial charge is 0.492 e. The summed E-state index contributed by atoms with van der Waals surface area (Å²) in [5, 5.41) is 8.12. The first-order valence-corrected chi connectivity index (χ1v) is 7.16. The molecule has 0 spiro atoms. The maximum absolute atomic E-state index is 5.73. The van der Waals surface area contributed by atoms with Gasteiger partial charge in [0, 0.05) is 17.3 Å². The van der Waals surface area contributed by atoms with E-state index < -0.39 is 0 Å². The molecule has 2 aromatic carbocycles. The highest BCUT2D eigenvalue weighted by Crippen LogP contribution is 2.19. The van der Waals surface area contributed by atoms with Gasteiger partial charge in [0.05, 0.1) is 18.4 Å². The van der Waals surface area contributed by atoms with Gasteiger partial charge >= 0.3 is 0 Å². The van der Waals surface area contributed by atoms with Crippen LogP contribution in [0.25, 0.3) is 11.3 Å². The standard InChI is InChI=1S/C17H18N4O/c1-13-5-7-14(8-6-13)17-12-19-20-21(17)9-10-22-16-4-2-3-15(18)11-16/h2-8,11-12H,9-10,18H2,1H3. The van der Waals surface area contributed by atoms with Crippen LogP contribution in [0.3, 0.4) is 0 Å². The van der Waals surface area contributed by atoms with Crippen LogP contribution < -0.4 is 10.5 Å². The fourth-order valence-corrected chi connectivity index (χ4v) is 2.23. The third-order valence-corrected chi connectivity index (χ3v) is 3.39. The van der Waals surface area contributed by atoms with Crippen LogP contribution >= 0.6 is 0 Å². The minimum Gasteiger partial charge on any atom is -0.492 e. The monoisotopic (exact) mass is 294 g/mol. The molecule has 5 nitrogen and oxygen atoms in total. The number of benzene rings is 2. The van der Waals surface area contributed by atoms with Crippen LogP contribution in [-0.2, 0) is 6.54 Å². The predicted octanol–water partition coefficient (Wildman–Crippen LogP) is 2.91. The Balaban J connectivity index is 1.66. The Kier molecular flexibility index (Phi) is 4.05. The molecule has 0 saturated carbocycles. The molecule has 0 aliphatic rings. The van der Waals surface area contributed by atoms with Gasteiger partial charge in [-0.15, -0.1) is 5.10 Å². The fourth-order valence-electron chi connectivity index (χ4n) is 2.23. The van der Waals surface area contributed by atoms with Crippen molar-refractivity contribution in [1.82, 2.24) is 15.0 Å². The van der Waals surface area contributed by atoms with Crippen molar-refractivity contribution in [2.75, 3.05) is 12.3 Å². The number of aryl methyl sites for hydroxylation is 1. The molecule has 2 N–H and O–H groups in total. The van der Waals surface area contributed by atoms with Crippen LogP contribution in [0, 0.1) is 6.92 Å². The maximum atomic E-state index is 5.73. The Morgan fingerprint density at radius 2 is 1.95 bits per heavy atom. The van der Waals surface area contributed by atoms with Crippen LogP contribution in [0.15, 0.2) is 54.7 Å². The second-order valence-corrected chi connectivity index (χ2v) is 5.13. The topological polar surface area (TPSA) is 66.0 Å². The van der Waals surface area contributed by atoms with Gasteiger partial charge in [-0.2, -0.15) is 0 Å². The number of nitrogens with zero attached hydrogens (tertiary/aromatic N) is 3. The number of anilines is 1. The lowest BCUT2D eigenvalue weighted by Crippen LogP contribution is -2.11. The second-order valence-electron chi connectivity index (χ2n) is 5.13. The van der Waals surface area contributed by atoms with E-state index in [4.69, 9.17) is 10.5 Å². The van der Waals surface area contributed by atoms with Crippen LogP contribution in [0.1, 0.15) is 5.56 Å². The summed E-state index contributed by atoms with van der Waals surface area (Å²) in [6, 6.07) is 15.7. The zero-order valence-corrected chi connectivity index (χ0v) is 12.4. The van der Waals surface area contributed by atoms with Gasteiger partial charge in [0.15, 0.2) is 0 Å². The first kappa shape index (κ1) is 14.1. The highest BCUT2D eigenvalue weighted by atomic mass is 16.5. The van der Waals surface area contributed by atoms with Gasteiger partial charge in [-0.05, 0) is 19.1 Å². The SMILES string of the molecule is Cc1ccc(-c2cnnn2CCOc2cccc(N)c2)cc1. The molecule has 3 rings (SSSR count). The van der Waals surface area contributed by atoms with E-state index >= 15 is 0 Å². The summed E-state index contributed by atoms with van der Waals surface area (Å²) in [4.78, 5) is 0. The Hall–Kier alpha value is -2.82. The highest BCUT2D eigenvalue weighted by molar-refractivity contribution is 5.58. The Bertz CT molecular complexity index is 749. The van der Waals surface area contributed by atoms with Crippen molar-refractivity contribution in [1.29, 1.82) is 0 Å². The number of rotatable bonds is 5. The molecule has 0 atom stereocenters. The molecule has 0 aliphatic carbocycles. The quantitative estimate of drug-likeness (QED) is 0.735. The zero-order chi connectivity index (χ0) is 15.4. The van der Waals surface area contributed by atoms with Crippen LogP contribution in [0.4, 0.5) is 5.69 Å². The van der Waals surface area contributed by atoms with Crippen LogP contribution in [0.2, 0.25) is 0 Å². The van der Waals surface area contributed by atoms with Crippen molar-refractivity contribution in [3.63, 3.8) is 0 Å². The van der Waals surface area contributed by atoms with Crippen LogP contribution in [0.5, 0.6) is 5.75 Å². The average Bonchev–Trinajstić information content (AvgIpc) is 2.97. The average molecular weight is 294 g/mol. The molecule has 0 aliphatic heterocycles. The lowest BCUT2D eigenvalue weighted by atomic mass is 10.1.